The smallest absolute Gasteiger partial charge is 0.150 e. The van der Waals surface area contributed by atoms with Crippen molar-refractivity contribution in [1.82, 2.24) is 5.01 Å². The highest BCUT2D eigenvalue weighted by atomic mass is 32.2. The van der Waals surface area contributed by atoms with Crippen molar-refractivity contribution >= 4 is 23.1 Å². The van der Waals surface area contributed by atoms with Gasteiger partial charge in [-0.2, -0.15) is 5.10 Å². The highest BCUT2D eigenvalue weighted by Gasteiger charge is 2.58. The summed E-state index contributed by atoms with van der Waals surface area (Å²) in [6.45, 7) is 0.389. The van der Waals surface area contributed by atoms with Gasteiger partial charge in [-0.3, -0.25) is 5.01 Å². The van der Waals surface area contributed by atoms with Crippen LogP contribution in [0.1, 0.15) is 49.7 Å². The summed E-state index contributed by atoms with van der Waals surface area (Å²) in [6, 6.07) is 12.6. The van der Waals surface area contributed by atoms with Gasteiger partial charge in [-0.25, -0.2) is 13.2 Å². The van der Waals surface area contributed by atoms with Gasteiger partial charge in [0.05, 0.1) is 0 Å². The molecule has 1 saturated carbocycles. The van der Waals surface area contributed by atoms with Crippen molar-refractivity contribution in [2.24, 2.45) is 10.8 Å². The average Bonchev–Trinajstić information content (AvgIpc) is 3.21. The summed E-state index contributed by atoms with van der Waals surface area (Å²) in [5.41, 5.74) is 5.16. The van der Waals surface area contributed by atoms with E-state index in [1.807, 2.05) is 30.3 Å². The van der Waals surface area contributed by atoms with Crippen LogP contribution in [0.2, 0.25) is 0 Å². The maximum atomic E-state index is 15.5. The van der Waals surface area contributed by atoms with Crippen molar-refractivity contribution in [2.75, 3.05) is 6.54 Å². The van der Waals surface area contributed by atoms with Gasteiger partial charge in [0.25, 0.3) is 0 Å². The number of benzene rings is 2. The summed E-state index contributed by atoms with van der Waals surface area (Å²) >= 11 is 1.23. The summed E-state index contributed by atoms with van der Waals surface area (Å²) in [5, 5.41) is 6.43. The molecule has 0 bridgehead atoms. The molecule has 3 atom stereocenters. The van der Waals surface area contributed by atoms with Gasteiger partial charge in [0.1, 0.15) is 39.5 Å². The second kappa shape index (κ2) is 9.27. The van der Waals surface area contributed by atoms with Gasteiger partial charge in [0.15, 0.2) is 0 Å². The molecule has 0 amide bonds. The number of alkyl halides is 1. The molecule has 2 N–H and O–H groups in total. The number of thioether (sulfide) groups is 1. The lowest BCUT2D eigenvalue weighted by Crippen LogP contribution is -2.61. The third-order valence-corrected chi connectivity index (χ3v) is 7.77. The Bertz CT molecular complexity index is 1010. The van der Waals surface area contributed by atoms with Crippen LogP contribution in [0.5, 0.6) is 0 Å². The SMILES string of the molecule is NCCCC1(c2ccccc2)SC(c2cc(F)ccc2F)=NN1C1(C=O)CCCCC1F. The van der Waals surface area contributed by atoms with Gasteiger partial charge in [-0.05, 0) is 56.0 Å². The summed E-state index contributed by atoms with van der Waals surface area (Å²) in [7, 11) is 0. The molecule has 2 aromatic rings. The van der Waals surface area contributed by atoms with E-state index in [1.54, 1.807) is 5.01 Å². The number of carbonyl (C=O) groups is 1. The van der Waals surface area contributed by atoms with Crippen LogP contribution in [0, 0.1) is 11.6 Å². The quantitative estimate of drug-likeness (QED) is 0.582. The van der Waals surface area contributed by atoms with Crippen LogP contribution in [0.4, 0.5) is 13.2 Å². The first kappa shape index (κ1) is 22.9. The first-order chi connectivity index (χ1) is 15.5. The molecule has 1 aliphatic heterocycles. The fourth-order valence-corrected chi connectivity index (χ4v) is 6.18. The van der Waals surface area contributed by atoms with E-state index < -0.39 is 28.2 Å². The van der Waals surface area contributed by atoms with Crippen molar-refractivity contribution in [1.29, 1.82) is 0 Å². The van der Waals surface area contributed by atoms with Crippen molar-refractivity contribution in [2.45, 2.75) is 55.1 Å². The predicted molar refractivity (Wildman–Crippen MR) is 121 cm³/mol. The van der Waals surface area contributed by atoms with Crippen molar-refractivity contribution in [3.8, 4) is 0 Å². The van der Waals surface area contributed by atoms with E-state index in [-0.39, 0.29) is 17.0 Å². The topological polar surface area (TPSA) is 58.7 Å². The normalized spacial score (nSPS) is 27.9. The number of aldehydes is 1. The molecular weight excluding hydrogens is 435 g/mol. The lowest BCUT2D eigenvalue weighted by molar-refractivity contribution is -0.131. The molecule has 2 aliphatic rings. The fourth-order valence-electron chi connectivity index (χ4n) is 4.68. The van der Waals surface area contributed by atoms with Crippen molar-refractivity contribution < 1.29 is 18.0 Å². The molecule has 0 radical (unpaired) electrons. The van der Waals surface area contributed by atoms with Crippen LogP contribution in [0.3, 0.4) is 0 Å². The Morgan fingerprint density at radius 3 is 2.66 bits per heavy atom. The van der Waals surface area contributed by atoms with Crippen LogP contribution in [-0.4, -0.2) is 34.6 Å². The minimum atomic E-state index is -1.48. The maximum absolute atomic E-state index is 15.5. The van der Waals surface area contributed by atoms with Crippen molar-refractivity contribution in [3.05, 3.63) is 71.3 Å². The Morgan fingerprint density at radius 1 is 1.19 bits per heavy atom. The maximum Gasteiger partial charge on any atom is 0.150 e. The number of nitrogens with zero attached hydrogens (tertiary/aromatic N) is 2. The Morgan fingerprint density at radius 2 is 1.97 bits per heavy atom. The Hall–Kier alpha value is -2.32. The second-order valence-corrected chi connectivity index (χ2v) is 9.57. The second-order valence-electron chi connectivity index (χ2n) is 8.31. The summed E-state index contributed by atoms with van der Waals surface area (Å²) in [4.78, 5) is 11.5. The van der Waals surface area contributed by atoms with E-state index in [9.17, 15) is 13.6 Å². The first-order valence-corrected chi connectivity index (χ1v) is 11.7. The molecule has 0 aromatic heterocycles. The lowest BCUT2D eigenvalue weighted by Gasteiger charge is -2.49. The average molecular weight is 462 g/mol. The highest BCUT2D eigenvalue weighted by Crippen LogP contribution is 2.55. The standard InChI is InChI=1S/C24H26F3N3OS/c25-18-10-11-20(26)19(15-18)22-29-30(23(16-31)12-5-4-9-21(23)27)24(32-22,13-6-14-28)17-7-2-1-3-8-17/h1-3,7-8,10-11,15-16,21H,4-6,9,12-14,28H2. The third kappa shape index (κ3) is 3.83. The molecule has 1 aliphatic carbocycles. The van der Waals surface area contributed by atoms with E-state index in [0.29, 0.717) is 44.9 Å². The summed E-state index contributed by atoms with van der Waals surface area (Å²) < 4.78 is 44.2. The lowest BCUT2D eigenvalue weighted by atomic mass is 9.79. The predicted octanol–water partition coefficient (Wildman–Crippen LogP) is 5.12. The van der Waals surface area contributed by atoms with Crippen LogP contribution in [-0.2, 0) is 9.67 Å². The summed E-state index contributed by atoms with van der Waals surface area (Å²) in [6.07, 6.45) is 2.21. The van der Waals surface area contributed by atoms with Gasteiger partial charge in [-0.15, -0.1) is 0 Å². The van der Waals surface area contributed by atoms with Crippen LogP contribution in [0.25, 0.3) is 0 Å². The zero-order valence-corrected chi connectivity index (χ0v) is 18.5. The minimum Gasteiger partial charge on any atom is -0.330 e. The van der Waals surface area contributed by atoms with Crippen LogP contribution >= 0.6 is 11.8 Å². The van der Waals surface area contributed by atoms with Crippen LogP contribution < -0.4 is 5.73 Å². The highest BCUT2D eigenvalue weighted by molar-refractivity contribution is 8.15. The Balaban J connectivity index is 1.93. The number of hydrogen-bond acceptors (Lipinski definition) is 5. The Labute approximate surface area is 190 Å². The van der Waals surface area contributed by atoms with E-state index >= 15 is 4.39 Å². The number of hydrazone groups is 1. The van der Waals surface area contributed by atoms with E-state index in [4.69, 9.17) is 5.73 Å². The molecule has 4 nitrogen and oxygen atoms in total. The number of nitrogens with two attached hydrogens (primary N) is 1. The van der Waals surface area contributed by atoms with Gasteiger partial charge in [-0.1, -0.05) is 54.9 Å². The third-order valence-electron chi connectivity index (χ3n) is 6.33. The monoisotopic (exact) mass is 461 g/mol. The molecular formula is C24H26F3N3OS. The number of hydrogen-bond donors (Lipinski definition) is 1. The molecule has 4 rings (SSSR count). The molecule has 0 spiro atoms. The van der Waals surface area contributed by atoms with Gasteiger partial charge >= 0.3 is 0 Å². The van der Waals surface area contributed by atoms with Crippen LogP contribution in [0.15, 0.2) is 53.6 Å². The number of rotatable bonds is 7. The van der Waals surface area contributed by atoms with E-state index in [0.717, 1.165) is 23.8 Å². The minimum absolute atomic E-state index is 0.00202. The Kier molecular flexibility index (Phi) is 6.62. The number of carbonyl (C=O) groups excluding carboxylic acids is 1. The molecule has 3 unspecified atom stereocenters. The molecule has 170 valence electrons. The molecule has 1 fully saturated rings. The summed E-state index contributed by atoms with van der Waals surface area (Å²) in [5.74, 6) is -1.22. The van der Waals surface area contributed by atoms with Crippen molar-refractivity contribution in [3.63, 3.8) is 0 Å². The molecule has 32 heavy (non-hydrogen) atoms. The van der Waals surface area contributed by atoms with Gasteiger partial charge in [0.2, 0.25) is 0 Å². The zero-order valence-electron chi connectivity index (χ0n) is 17.6. The first-order valence-electron chi connectivity index (χ1n) is 10.9. The largest absolute Gasteiger partial charge is 0.330 e. The molecule has 0 saturated heterocycles. The number of halogens is 3. The molecule has 8 heteroatoms. The molecule has 2 aromatic carbocycles. The van der Waals surface area contributed by atoms with Gasteiger partial charge < -0.3 is 10.5 Å². The van der Waals surface area contributed by atoms with E-state index in [2.05, 4.69) is 5.10 Å². The zero-order chi connectivity index (χ0) is 22.8. The fraction of sp³-hybridized carbons (Fsp3) is 0.417. The molecule has 1 heterocycles. The van der Waals surface area contributed by atoms with E-state index in [1.165, 1.54) is 11.8 Å². The van der Waals surface area contributed by atoms with Gasteiger partial charge in [0, 0.05) is 5.56 Å².